The first-order valence-electron chi connectivity index (χ1n) is 16.6. The van der Waals surface area contributed by atoms with Crippen molar-refractivity contribution in [2.45, 2.75) is 72.7 Å². The molecule has 1 aromatic heterocycles. The first-order chi connectivity index (χ1) is 22.0. The first-order valence-corrected chi connectivity index (χ1v) is 18.2. The third-order valence-electron chi connectivity index (χ3n) is 8.05. The van der Waals surface area contributed by atoms with E-state index in [4.69, 9.17) is 0 Å². The zero-order valence-corrected chi connectivity index (χ0v) is 28.6. The van der Waals surface area contributed by atoms with E-state index in [2.05, 4.69) is 72.3 Å². The fourth-order valence-electron chi connectivity index (χ4n) is 6.15. The second kappa shape index (κ2) is 15.9. The molecule has 0 bridgehead atoms. The molecule has 6 heteroatoms. The van der Waals surface area contributed by atoms with Crippen molar-refractivity contribution in [1.29, 1.82) is 0 Å². The molecule has 0 saturated carbocycles. The molecule has 1 aliphatic rings. The zero-order chi connectivity index (χ0) is 32.4. The lowest BCUT2D eigenvalue weighted by Crippen LogP contribution is -2.31. The molecule has 1 N–H and O–H groups in total. The van der Waals surface area contributed by atoms with Gasteiger partial charge in [-0.1, -0.05) is 114 Å². The van der Waals surface area contributed by atoms with Crippen LogP contribution in [0.2, 0.25) is 0 Å². The summed E-state index contributed by atoms with van der Waals surface area (Å²) in [6, 6.07) is 32.4. The minimum absolute atomic E-state index is 0.0275. The maximum atomic E-state index is 14.0. The molecule has 4 aromatic carbocycles. The first kappa shape index (κ1) is 34.0. The number of aromatic amines is 1. The van der Waals surface area contributed by atoms with Gasteiger partial charge in [0.05, 0.1) is 11.8 Å². The molecule has 6 rings (SSSR count). The molecule has 0 aliphatic carbocycles. The standard InChI is InChI=1S/C35H37N3O2S.2C2H6/c1-3-19-37(20-4-2)30-14-10-13-27(21-30)28-17-18-29-24-38(41(39,40)25-26-11-6-5-7-12-26)35(32(29)22-28)33-23-36-34-16-9-8-15-31(33)34;2*1-2/h5-18,21-23,35-36H,3-4,19-20,24-25H2,1-2H3;2*1-2H3. The van der Waals surface area contributed by atoms with Crippen LogP contribution in [-0.2, 0) is 22.3 Å². The summed E-state index contributed by atoms with van der Waals surface area (Å²) in [5, 5.41) is 1.05. The Kier molecular flexibility index (Phi) is 12.0. The summed E-state index contributed by atoms with van der Waals surface area (Å²) in [6.07, 6.45) is 4.18. The van der Waals surface area contributed by atoms with Crippen molar-refractivity contribution in [1.82, 2.24) is 9.29 Å². The Morgan fingerprint density at radius 3 is 2.13 bits per heavy atom. The number of aromatic nitrogens is 1. The van der Waals surface area contributed by atoms with Gasteiger partial charge in [0, 0.05) is 48.0 Å². The van der Waals surface area contributed by atoms with Gasteiger partial charge >= 0.3 is 0 Å². The van der Waals surface area contributed by atoms with Gasteiger partial charge < -0.3 is 9.88 Å². The smallest absolute Gasteiger partial charge is 0.219 e. The van der Waals surface area contributed by atoms with Gasteiger partial charge in [0.25, 0.3) is 0 Å². The third-order valence-corrected chi connectivity index (χ3v) is 9.80. The number of sulfonamides is 1. The lowest BCUT2D eigenvalue weighted by Gasteiger charge is -2.25. The maximum absolute atomic E-state index is 14.0. The fraction of sp³-hybridized carbons (Fsp3) is 0.333. The largest absolute Gasteiger partial charge is 0.372 e. The van der Waals surface area contributed by atoms with Gasteiger partial charge in [0.15, 0.2) is 0 Å². The summed E-state index contributed by atoms with van der Waals surface area (Å²) in [7, 11) is -3.62. The van der Waals surface area contributed by atoms with Crippen LogP contribution in [0.1, 0.15) is 82.7 Å². The second-order valence-corrected chi connectivity index (χ2v) is 12.9. The predicted octanol–water partition coefficient (Wildman–Crippen LogP) is 9.95. The molecule has 0 radical (unpaired) electrons. The Labute approximate surface area is 271 Å². The van der Waals surface area contributed by atoms with Crippen molar-refractivity contribution in [3.63, 3.8) is 0 Å². The van der Waals surface area contributed by atoms with E-state index in [-0.39, 0.29) is 5.75 Å². The average Bonchev–Trinajstić information content (AvgIpc) is 3.68. The van der Waals surface area contributed by atoms with Gasteiger partial charge in [-0.15, -0.1) is 0 Å². The zero-order valence-electron chi connectivity index (χ0n) is 27.8. The summed E-state index contributed by atoms with van der Waals surface area (Å²) in [5.74, 6) is -0.0275. The van der Waals surface area contributed by atoms with Crippen LogP contribution >= 0.6 is 0 Å². The number of hydrogen-bond donors (Lipinski definition) is 1. The van der Waals surface area contributed by atoms with Crippen LogP contribution < -0.4 is 4.90 Å². The number of benzene rings is 4. The molecule has 0 saturated heterocycles. The maximum Gasteiger partial charge on any atom is 0.219 e. The number of nitrogens with zero attached hydrogens (tertiary/aromatic N) is 2. The third kappa shape index (κ3) is 7.51. The quantitative estimate of drug-likeness (QED) is 0.168. The van der Waals surface area contributed by atoms with Gasteiger partial charge in [-0.25, -0.2) is 8.42 Å². The Hall–Kier alpha value is -3.87. The Balaban J connectivity index is 0.00000111. The Morgan fingerprint density at radius 1 is 0.756 bits per heavy atom. The summed E-state index contributed by atoms with van der Waals surface area (Å²) in [5.41, 5.74) is 8.36. The number of hydrogen-bond acceptors (Lipinski definition) is 3. The Morgan fingerprint density at radius 2 is 1.42 bits per heavy atom. The molecule has 0 amide bonds. The van der Waals surface area contributed by atoms with Gasteiger partial charge in [-0.2, -0.15) is 4.31 Å². The highest BCUT2D eigenvalue weighted by molar-refractivity contribution is 7.88. The van der Waals surface area contributed by atoms with Crippen molar-refractivity contribution in [2.75, 3.05) is 18.0 Å². The number of para-hydroxylation sites is 1. The van der Waals surface area contributed by atoms with E-state index in [1.54, 1.807) is 4.31 Å². The molecule has 45 heavy (non-hydrogen) atoms. The molecular weight excluding hydrogens is 575 g/mol. The predicted molar refractivity (Wildman–Crippen MR) is 192 cm³/mol. The molecule has 0 fully saturated rings. The highest BCUT2D eigenvalue weighted by atomic mass is 32.2. The van der Waals surface area contributed by atoms with Crippen LogP contribution in [0.25, 0.3) is 22.0 Å². The van der Waals surface area contributed by atoms with Crippen LogP contribution in [0.15, 0.2) is 103 Å². The highest BCUT2D eigenvalue weighted by Crippen LogP contribution is 2.45. The van der Waals surface area contributed by atoms with Crippen molar-refractivity contribution in [3.05, 3.63) is 126 Å². The van der Waals surface area contributed by atoms with Crippen molar-refractivity contribution in [3.8, 4) is 11.1 Å². The topological polar surface area (TPSA) is 56.4 Å². The van der Waals surface area contributed by atoms with E-state index in [1.165, 1.54) is 5.69 Å². The van der Waals surface area contributed by atoms with E-state index in [0.29, 0.717) is 6.54 Å². The molecule has 1 atom stereocenters. The molecular formula is C39H49N3O2S. The number of anilines is 1. The number of rotatable bonds is 10. The number of H-pyrrole nitrogens is 1. The normalized spacial score (nSPS) is 14.2. The van der Waals surface area contributed by atoms with E-state index < -0.39 is 16.1 Å². The fourth-order valence-corrected chi connectivity index (χ4v) is 7.81. The SMILES string of the molecule is CC.CC.CCCN(CCC)c1cccc(-c2ccc3c(c2)C(c2c[nH]c4ccccc24)N(S(=O)(=O)Cc2ccccc2)C3)c1. The lowest BCUT2D eigenvalue weighted by atomic mass is 9.94. The lowest BCUT2D eigenvalue weighted by molar-refractivity contribution is 0.388. The van der Waals surface area contributed by atoms with Crippen molar-refractivity contribution in [2.24, 2.45) is 0 Å². The van der Waals surface area contributed by atoms with E-state index in [9.17, 15) is 8.42 Å². The van der Waals surface area contributed by atoms with E-state index in [1.807, 2.05) is 82.4 Å². The Bertz CT molecular complexity index is 1760. The van der Waals surface area contributed by atoms with Crippen LogP contribution in [-0.4, -0.2) is 30.8 Å². The molecule has 238 valence electrons. The summed E-state index contributed by atoms with van der Waals surface area (Å²) < 4.78 is 29.7. The van der Waals surface area contributed by atoms with Gasteiger partial charge in [-0.05, 0) is 64.9 Å². The van der Waals surface area contributed by atoms with Crippen LogP contribution in [0.5, 0.6) is 0 Å². The van der Waals surface area contributed by atoms with Gasteiger partial charge in [0.1, 0.15) is 0 Å². The van der Waals surface area contributed by atoms with E-state index in [0.717, 1.165) is 70.2 Å². The molecule has 5 aromatic rings. The van der Waals surface area contributed by atoms with Gasteiger partial charge in [-0.3, -0.25) is 0 Å². The second-order valence-electron chi connectivity index (χ2n) is 10.9. The molecule has 5 nitrogen and oxygen atoms in total. The van der Waals surface area contributed by atoms with Crippen LogP contribution in [0.4, 0.5) is 5.69 Å². The van der Waals surface area contributed by atoms with Gasteiger partial charge in [0.2, 0.25) is 10.0 Å². The number of nitrogens with one attached hydrogen (secondary N) is 1. The molecule has 2 heterocycles. The molecule has 1 aliphatic heterocycles. The van der Waals surface area contributed by atoms with Crippen LogP contribution in [0, 0.1) is 0 Å². The summed E-state index contributed by atoms with van der Waals surface area (Å²) in [6.45, 7) is 14.8. The highest BCUT2D eigenvalue weighted by Gasteiger charge is 2.40. The summed E-state index contributed by atoms with van der Waals surface area (Å²) in [4.78, 5) is 5.83. The molecule has 1 unspecified atom stereocenters. The van der Waals surface area contributed by atoms with Crippen molar-refractivity contribution < 1.29 is 8.42 Å². The van der Waals surface area contributed by atoms with Crippen molar-refractivity contribution >= 4 is 26.6 Å². The molecule has 0 spiro atoms. The summed E-state index contributed by atoms with van der Waals surface area (Å²) >= 11 is 0. The van der Waals surface area contributed by atoms with Crippen LogP contribution in [0.3, 0.4) is 0 Å². The minimum atomic E-state index is -3.62. The van der Waals surface area contributed by atoms with E-state index >= 15 is 0 Å². The minimum Gasteiger partial charge on any atom is -0.372 e. The average molecular weight is 624 g/mol. The monoisotopic (exact) mass is 623 g/mol. The number of fused-ring (bicyclic) bond motifs is 2.